The lowest BCUT2D eigenvalue weighted by Crippen LogP contribution is -2.37. The van der Waals surface area contributed by atoms with E-state index in [1.807, 2.05) is 18.2 Å². The molecule has 0 saturated carbocycles. The van der Waals surface area contributed by atoms with Gasteiger partial charge in [-0.25, -0.2) is 0 Å². The second kappa shape index (κ2) is 9.91. The molecule has 0 unspecified atom stereocenters. The Labute approximate surface area is 193 Å². The van der Waals surface area contributed by atoms with Crippen LogP contribution in [-0.2, 0) is 0 Å². The summed E-state index contributed by atoms with van der Waals surface area (Å²) in [5.74, 6) is 0.105. The van der Waals surface area contributed by atoms with E-state index in [0.29, 0.717) is 21.8 Å². The fourth-order valence-electron chi connectivity index (χ4n) is 3.49. The number of benzene rings is 2. The molecule has 0 aromatic heterocycles. The second-order valence-electron chi connectivity index (χ2n) is 6.96. The minimum atomic E-state index is -0.347. The van der Waals surface area contributed by atoms with Crippen LogP contribution in [0, 0.1) is 0 Å². The molecular formula is C21H23Br2N3O2S. The highest BCUT2D eigenvalue weighted by molar-refractivity contribution is 9.11. The lowest BCUT2D eigenvalue weighted by atomic mass is 10.0. The molecule has 1 heterocycles. The minimum absolute atomic E-state index is 0.229. The molecule has 0 bridgehead atoms. The highest BCUT2D eigenvalue weighted by Crippen LogP contribution is 2.32. The number of ether oxygens (including phenoxy) is 1. The summed E-state index contributed by atoms with van der Waals surface area (Å²) in [6.07, 6.45) is 3.76. The number of nitrogens with one attached hydrogen (secondary N) is 2. The van der Waals surface area contributed by atoms with Gasteiger partial charge in [0.25, 0.3) is 5.91 Å². The maximum absolute atomic E-state index is 12.7. The number of nitrogens with zero attached hydrogens (tertiary/aromatic N) is 1. The van der Waals surface area contributed by atoms with Crippen molar-refractivity contribution in [3.8, 4) is 5.75 Å². The van der Waals surface area contributed by atoms with Gasteiger partial charge in [0.2, 0.25) is 0 Å². The number of thiocarbonyl (C=S) groups is 1. The maximum atomic E-state index is 12.7. The van der Waals surface area contributed by atoms with E-state index in [-0.39, 0.29) is 11.0 Å². The lowest BCUT2D eigenvalue weighted by molar-refractivity contribution is 0.0974. The number of carbonyl (C=O) groups is 1. The molecule has 3 rings (SSSR count). The van der Waals surface area contributed by atoms with Crippen molar-refractivity contribution in [1.29, 1.82) is 0 Å². The zero-order valence-corrected chi connectivity index (χ0v) is 20.3. The van der Waals surface area contributed by atoms with E-state index >= 15 is 0 Å². The van der Waals surface area contributed by atoms with Crippen LogP contribution in [0.4, 0.5) is 11.4 Å². The number of halogens is 2. The highest BCUT2D eigenvalue weighted by atomic mass is 79.9. The van der Waals surface area contributed by atoms with Crippen molar-refractivity contribution in [3.63, 3.8) is 0 Å². The SMILES string of the molecule is COc1c(Br)cc(Br)cc1C(=O)NC(=S)Nc1ccc(N2CCCC[C@H]2C)cc1. The van der Waals surface area contributed by atoms with Crippen molar-refractivity contribution in [2.75, 3.05) is 23.9 Å². The van der Waals surface area contributed by atoms with Crippen molar-refractivity contribution in [3.05, 3.63) is 50.9 Å². The summed E-state index contributed by atoms with van der Waals surface area (Å²) >= 11 is 12.1. The van der Waals surface area contributed by atoms with Gasteiger partial charge in [0, 0.05) is 28.4 Å². The van der Waals surface area contributed by atoms with Gasteiger partial charge in [0.05, 0.1) is 17.1 Å². The van der Waals surface area contributed by atoms with E-state index in [0.717, 1.165) is 16.7 Å². The summed E-state index contributed by atoms with van der Waals surface area (Å²) in [5.41, 5.74) is 2.42. The van der Waals surface area contributed by atoms with Crippen LogP contribution < -0.4 is 20.3 Å². The van der Waals surface area contributed by atoms with Crippen LogP contribution in [0.15, 0.2) is 45.3 Å². The summed E-state index contributed by atoms with van der Waals surface area (Å²) < 4.78 is 6.78. The van der Waals surface area contributed by atoms with Crippen molar-refractivity contribution in [1.82, 2.24) is 5.32 Å². The average molecular weight is 541 g/mol. The zero-order chi connectivity index (χ0) is 21.0. The Kier molecular flexibility index (Phi) is 7.54. The summed E-state index contributed by atoms with van der Waals surface area (Å²) in [5, 5.41) is 6.00. The van der Waals surface area contributed by atoms with Gasteiger partial charge in [0.15, 0.2) is 5.11 Å². The van der Waals surface area contributed by atoms with Crippen molar-refractivity contribution < 1.29 is 9.53 Å². The van der Waals surface area contributed by atoms with E-state index in [4.69, 9.17) is 17.0 Å². The van der Waals surface area contributed by atoms with Gasteiger partial charge in [-0.15, -0.1) is 0 Å². The number of methoxy groups -OCH3 is 1. The molecule has 154 valence electrons. The molecule has 1 aliphatic heterocycles. The van der Waals surface area contributed by atoms with Crippen LogP contribution in [0.5, 0.6) is 5.75 Å². The van der Waals surface area contributed by atoms with E-state index in [1.54, 1.807) is 6.07 Å². The first-order valence-corrected chi connectivity index (χ1v) is 11.4. The van der Waals surface area contributed by atoms with Crippen LogP contribution in [0.2, 0.25) is 0 Å². The Morgan fingerprint density at radius 2 is 1.93 bits per heavy atom. The standard InChI is InChI=1S/C21H23Br2N3O2S/c1-13-5-3-4-10-26(13)16-8-6-15(7-9-16)24-21(29)25-20(27)17-11-14(22)12-18(23)19(17)28-2/h6-9,11-13H,3-5,10H2,1-2H3,(H2,24,25,27,29)/t13-/m1/s1. The van der Waals surface area contributed by atoms with Crippen LogP contribution in [-0.4, -0.2) is 30.7 Å². The minimum Gasteiger partial charge on any atom is -0.495 e. The number of rotatable bonds is 4. The van der Waals surface area contributed by atoms with Crippen LogP contribution in [0.25, 0.3) is 0 Å². The molecule has 1 amide bonds. The maximum Gasteiger partial charge on any atom is 0.261 e. The molecular weight excluding hydrogens is 518 g/mol. The molecule has 8 heteroatoms. The van der Waals surface area contributed by atoms with Gasteiger partial charge in [-0.3, -0.25) is 10.1 Å². The predicted octanol–water partition coefficient (Wildman–Crippen LogP) is 5.73. The Morgan fingerprint density at radius 1 is 1.21 bits per heavy atom. The summed E-state index contributed by atoms with van der Waals surface area (Å²) in [4.78, 5) is 15.1. The molecule has 29 heavy (non-hydrogen) atoms. The van der Waals surface area contributed by atoms with Gasteiger partial charge in [0.1, 0.15) is 5.75 Å². The molecule has 0 radical (unpaired) electrons. The van der Waals surface area contributed by atoms with Crippen LogP contribution >= 0.6 is 44.1 Å². The Hall–Kier alpha value is -1.64. The van der Waals surface area contributed by atoms with E-state index in [9.17, 15) is 4.79 Å². The van der Waals surface area contributed by atoms with Crippen LogP contribution in [0.3, 0.4) is 0 Å². The quantitative estimate of drug-likeness (QED) is 0.485. The van der Waals surface area contributed by atoms with Gasteiger partial charge >= 0.3 is 0 Å². The van der Waals surface area contributed by atoms with Crippen molar-refractivity contribution >= 4 is 66.5 Å². The number of amides is 1. The first kappa shape index (κ1) is 22.1. The van der Waals surface area contributed by atoms with Crippen LogP contribution in [0.1, 0.15) is 36.5 Å². The molecule has 2 aromatic rings. The molecule has 2 aromatic carbocycles. The molecule has 5 nitrogen and oxygen atoms in total. The number of carbonyl (C=O) groups excluding carboxylic acids is 1. The third-order valence-electron chi connectivity index (χ3n) is 4.94. The first-order chi connectivity index (χ1) is 13.9. The molecule has 1 saturated heterocycles. The van der Waals surface area contributed by atoms with Gasteiger partial charge < -0.3 is 15.0 Å². The van der Waals surface area contributed by atoms with Gasteiger partial charge in [-0.2, -0.15) is 0 Å². The zero-order valence-electron chi connectivity index (χ0n) is 16.3. The van der Waals surface area contributed by atoms with E-state index in [1.165, 1.54) is 32.1 Å². The fraction of sp³-hybridized carbons (Fsp3) is 0.333. The third kappa shape index (κ3) is 5.49. The Bertz CT molecular complexity index is 906. The summed E-state index contributed by atoms with van der Waals surface area (Å²) in [6.45, 7) is 3.36. The highest BCUT2D eigenvalue weighted by Gasteiger charge is 2.19. The molecule has 0 aliphatic carbocycles. The van der Waals surface area contributed by atoms with E-state index in [2.05, 4.69) is 66.4 Å². The number of piperidine rings is 1. The Morgan fingerprint density at radius 3 is 2.59 bits per heavy atom. The monoisotopic (exact) mass is 539 g/mol. The topological polar surface area (TPSA) is 53.6 Å². The first-order valence-electron chi connectivity index (χ1n) is 9.41. The average Bonchev–Trinajstić information content (AvgIpc) is 2.68. The summed E-state index contributed by atoms with van der Waals surface area (Å²) in [7, 11) is 1.52. The molecule has 1 atom stereocenters. The number of anilines is 2. The normalized spacial score (nSPS) is 16.3. The Balaban J connectivity index is 1.64. The molecule has 1 aliphatic rings. The van der Waals surface area contributed by atoms with Crippen molar-refractivity contribution in [2.24, 2.45) is 0 Å². The van der Waals surface area contributed by atoms with Crippen molar-refractivity contribution in [2.45, 2.75) is 32.2 Å². The smallest absolute Gasteiger partial charge is 0.261 e. The largest absolute Gasteiger partial charge is 0.495 e. The van der Waals surface area contributed by atoms with E-state index < -0.39 is 0 Å². The van der Waals surface area contributed by atoms with Gasteiger partial charge in [-0.1, -0.05) is 15.9 Å². The number of hydrogen-bond acceptors (Lipinski definition) is 4. The second-order valence-corrected chi connectivity index (χ2v) is 9.14. The molecule has 1 fully saturated rings. The lowest BCUT2D eigenvalue weighted by Gasteiger charge is -2.35. The number of hydrogen-bond donors (Lipinski definition) is 2. The van der Waals surface area contributed by atoms with Gasteiger partial charge in [-0.05, 0) is 90.7 Å². The summed E-state index contributed by atoms with van der Waals surface area (Å²) in [6, 6.07) is 12.2. The molecule has 2 N–H and O–H groups in total. The predicted molar refractivity (Wildman–Crippen MR) is 129 cm³/mol. The molecule has 0 spiro atoms. The fourth-order valence-corrected chi connectivity index (χ4v) is 5.08. The third-order valence-corrected chi connectivity index (χ3v) is 6.19.